The van der Waals surface area contributed by atoms with Crippen molar-refractivity contribution in [1.29, 1.82) is 0 Å². The zero-order chi connectivity index (χ0) is 14.8. The number of nitrogens with zero attached hydrogens (tertiary/aromatic N) is 5. The van der Waals surface area contributed by atoms with E-state index in [1.54, 1.807) is 7.05 Å². The van der Waals surface area contributed by atoms with Crippen LogP contribution < -0.4 is 5.32 Å². The van der Waals surface area contributed by atoms with Crippen LogP contribution in [0.5, 0.6) is 0 Å². The quantitative estimate of drug-likeness (QED) is 0.792. The van der Waals surface area contributed by atoms with Crippen LogP contribution in [0.3, 0.4) is 0 Å². The molecule has 0 bridgehead atoms. The molecule has 6 nitrogen and oxygen atoms in total. The zero-order valence-electron chi connectivity index (χ0n) is 12.3. The second-order valence-corrected chi connectivity index (χ2v) is 6.08. The second-order valence-electron chi connectivity index (χ2n) is 5.16. The van der Waals surface area contributed by atoms with Gasteiger partial charge in [0, 0.05) is 36.2 Å². The minimum absolute atomic E-state index is 0.114. The van der Waals surface area contributed by atoms with E-state index >= 15 is 0 Å². The summed E-state index contributed by atoms with van der Waals surface area (Å²) in [6.45, 7) is 5.95. The number of fused-ring (bicyclic) bond motifs is 1. The minimum atomic E-state index is 0.114. The van der Waals surface area contributed by atoms with Crippen molar-refractivity contribution < 1.29 is 0 Å². The van der Waals surface area contributed by atoms with Gasteiger partial charge in [-0.1, -0.05) is 21.2 Å². The standard InChI is InChI=1S/C14H19BrN6/c1-10-12-9-11(15)3-4-13(12)18-14(21(10)19-16-2)20-7-5-17-6-8-20/h3-4,9-10,17H,5-8H2,1-2H3. The van der Waals surface area contributed by atoms with Gasteiger partial charge in [-0.25, -0.2) is 10.0 Å². The fourth-order valence-corrected chi connectivity index (χ4v) is 3.10. The van der Waals surface area contributed by atoms with Gasteiger partial charge >= 0.3 is 0 Å². The van der Waals surface area contributed by atoms with Crippen LogP contribution in [0.4, 0.5) is 5.69 Å². The van der Waals surface area contributed by atoms with Crippen molar-refractivity contribution in [2.45, 2.75) is 13.0 Å². The highest BCUT2D eigenvalue weighted by Crippen LogP contribution is 2.37. The van der Waals surface area contributed by atoms with Gasteiger partial charge in [0.15, 0.2) is 0 Å². The molecule has 1 unspecified atom stereocenters. The maximum Gasteiger partial charge on any atom is 0.224 e. The minimum Gasteiger partial charge on any atom is -0.338 e. The predicted octanol–water partition coefficient (Wildman–Crippen LogP) is 2.72. The van der Waals surface area contributed by atoms with Gasteiger partial charge in [-0.2, -0.15) is 5.11 Å². The molecule has 1 atom stereocenters. The number of piperazine rings is 1. The summed E-state index contributed by atoms with van der Waals surface area (Å²) in [5.74, 6) is 0.893. The molecule has 1 fully saturated rings. The van der Waals surface area contributed by atoms with Gasteiger partial charge in [-0.05, 0) is 25.1 Å². The van der Waals surface area contributed by atoms with E-state index in [2.05, 4.69) is 55.5 Å². The lowest BCUT2D eigenvalue weighted by atomic mass is 10.0. The molecule has 7 heteroatoms. The molecule has 0 radical (unpaired) electrons. The molecule has 2 aliphatic rings. The second kappa shape index (κ2) is 6.11. The van der Waals surface area contributed by atoms with Gasteiger partial charge in [0.2, 0.25) is 5.96 Å². The molecule has 21 heavy (non-hydrogen) atoms. The van der Waals surface area contributed by atoms with Crippen LogP contribution in [0.15, 0.2) is 38.0 Å². The highest BCUT2D eigenvalue weighted by atomic mass is 79.9. The Balaban J connectivity index is 2.03. The van der Waals surface area contributed by atoms with Crippen molar-refractivity contribution in [2.24, 2.45) is 15.3 Å². The lowest BCUT2D eigenvalue weighted by Gasteiger charge is -2.38. The van der Waals surface area contributed by atoms with E-state index in [4.69, 9.17) is 4.99 Å². The molecule has 0 spiro atoms. The van der Waals surface area contributed by atoms with Crippen LogP contribution in [-0.2, 0) is 0 Å². The van der Waals surface area contributed by atoms with Crippen molar-refractivity contribution in [1.82, 2.24) is 15.2 Å². The van der Waals surface area contributed by atoms with Gasteiger partial charge in [0.1, 0.15) is 0 Å². The van der Waals surface area contributed by atoms with Crippen molar-refractivity contribution in [2.75, 3.05) is 33.2 Å². The molecule has 0 amide bonds. The molecule has 0 aromatic heterocycles. The van der Waals surface area contributed by atoms with Gasteiger partial charge in [0.05, 0.1) is 18.8 Å². The van der Waals surface area contributed by atoms with E-state index in [1.165, 1.54) is 0 Å². The topological polar surface area (TPSA) is 55.6 Å². The largest absolute Gasteiger partial charge is 0.338 e. The molecule has 1 N–H and O–H groups in total. The molecule has 2 heterocycles. The number of hydrogen-bond acceptors (Lipinski definition) is 5. The Kier molecular flexibility index (Phi) is 4.21. The Morgan fingerprint density at radius 3 is 2.81 bits per heavy atom. The van der Waals surface area contributed by atoms with Crippen LogP contribution in [0.1, 0.15) is 18.5 Å². The summed E-state index contributed by atoms with van der Waals surface area (Å²) >= 11 is 3.53. The van der Waals surface area contributed by atoms with Crippen molar-refractivity contribution in [3.8, 4) is 0 Å². The highest BCUT2D eigenvalue weighted by molar-refractivity contribution is 9.10. The Labute approximate surface area is 133 Å². The third-order valence-corrected chi connectivity index (χ3v) is 4.31. The number of benzene rings is 1. The van der Waals surface area contributed by atoms with Crippen LogP contribution in [0, 0.1) is 0 Å². The first-order valence-electron chi connectivity index (χ1n) is 7.13. The third kappa shape index (κ3) is 2.80. The summed E-state index contributed by atoms with van der Waals surface area (Å²) < 4.78 is 1.06. The Morgan fingerprint density at radius 1 is 1.33 bits per heavy atom. The molecule has 112 valence electrons. The Hall–Kier alpha value is -1.47. The van der Waals surface area contributed by atoms with Gasteiger partial charge in [-0.15, -0.1) is 0 Å². The molecule has 1 aromatic carbocycles. The zero-order valence-corrected chi connectivity index (χ0v) is 13.8. The van der Waals surface area contributed by atoms with E-state index in [1.807, 2.05) is 11.1 Å². The van der Waals surface area contributed by atoms with E-state index in [9.17, 15) is 0 Å². The van der Waals surface area contributed by atoms with Crippen molar-refractivity contribution in [3.05, 3.63) is 28.2 Å². The molecule has 0 saturated carbocycles. The molecule has 3 rings (SSSR count). The summed E-state index contributed by atoms with van der Waals surface area (Å²) in [4.78, 5) is 7.10. The first kappa shape index (κ1) is 14.5. The fourth-order valence-electron chi connectivity index (χ4n) is 2.72. The van der Waals surface area contributed by atoms with E-state index < -0.39 is 0 Å². The predicted molar refractivity (Wildman–Crippen MR) is 86.7 cm³/mol. The van der Waals surface area contributed by atoms with Crippen LogP contribution in [-0.4, -0.2) is 49.1 Å². The molecular weight excluding hydrogens is 332 g/mol. The number of nitrogens with one attached hydrogen (secondary N) is 1. The van der Waals surface area contributed by atoms with Gasteiger partial charge in [-0.3, -0.25) is 0 Å². The SMILES string of the molecule is CN=NN1C(N2CCNCC2)=Nc2ccc(Br)cc2C1C. The van der Waals surface area contributed by atoms with E-state index in [0.717, 1.165) is 47.9 Å². The Bertz CT molecular complexity index is 579. The molecule has 2 aliphatic heterocycles. The molecular formula is C14H19BrN6. The lowest BCUT2D eigenvalue weighted by Crippen LogP contribution is -2.52. The number of hydrogen-bond donors (Lipinski definition) is 1. The molecule has 1 saturated heterocycles. The average Bonchev–Trinajstić information content (AvgIpc) is 2.51. The van der Waals surface area contributed by atoms with Crippen LogP contribution in [0.25, 0.3) is 0 Å². The van der Waals surface area contributed by atoms with Crippen molar-refractivity contribution >= 4 is 27.6 Å². The smallest absolute Gasteiger partial charge is 0.224 e. The lowest BCUT2D eigenvalue weighted by molar-refractivity contribution is 0.247. The molecule has 1 aromatic rings. The van der Waals surface area contributed by atoms with Crippen LogP contribution in [0.2, 0.25) is 0 Å². The van der Waals surface area contributed by atoms with Gasteiger partial charge in [0.25, 0.3) is 0 Å². The first-order chi connectivity index (χ1) is 10.2. The van der Waals surface area contributed by atoms with Gasteiger partial charge < -0.3 is 10.2 Å². The normalized spacial score (nSPS) is 22.4. The summed E-state index contributed by atoms with van der Waals surface area (Å²) in [6.07, 6.45) is 0. The maximum absolute atomic E-state index is 4.83. The van der Waals surface area contributed by atoms with E-state index in [0.29, 0.717) is 0 Å². The van der Waals surface area contributed by atoms with E-state index in [-0.39, 0.29) is 6.04 Å². The maximum atomic E-state index is 4.83. The first-order valence-corrected chi connectivity index (χ1v) is 7.93. The highest BCUT2D eigenvalue weighted by Gasteiger charge is 2.31. The number of aliphatic imine (C=N–C) groups is 1. The summed E-state index contributed by atoms with van der Waals surface area (Å²) in [5, 5.41) is 13.5. The third-order valence-electron chi connectivity index (χ3n) is 3.82. The average molecular weight is 351 g/mol. The van der Waals surface area contributed by atoms with Crippen LogP contribution >= 0.6 is 15.9 Å². The monoisotopic (exact) mass is 350 g/mol. The fraction of sp³-hybridized carbons (Fsp3) is 0.500. The summed E-state index contributed by atoms with van der Waals surface area (Å²) in [7, 11) is 1.69. The number of halogens is 1. The Morgan fingerprint density at radius 2 is 2.10 bits per heavy atom. The summed E-state index contributed by atoms with van der Waals surface area (Å²) in [6, 6.07) is 6.31. The van der Waals surface area contributed by atoms with Crippen molar-refractivity contribution in [3.63, 3.8) is 0 Å². The number of rotatable bonds is 1. The molecule has 0 aliphatic carbocycles. The number of guanidine groups is 1. The summed E-state index contributed by atoms with van der Waals surface area (Å²) in [5.41, 5.74) is 2.18.